The number of hydrogen-bond donors (Lipinski definition) is 1. The van der Waals surface area contributed by atoms with Crippen molar-refractivity contribution < 1.29 is 14.3 Å². The second-order valence-corrected chi connectivity index (χ2v) is 4.89. The van der Waals surface area contributed by atoms with Crippen LogP contribution in [0.25, 0.3) is 0 Å². The molecule has 0 bridgehead atoms. The minimum Gasteiger partial charge on any atom is -0.469 e. The van der Waals surface area contributed by atoms with E-state index in [2.05, 4.69) is 20.0 Å². The first-order chi connectivity index (χ1) is 10.6. The van der Waals surface area contributed by atoms with E-state index in [1.807, 2.05) is 0 Å². The summed E-state index contributed by atoms with van der Waals surface area (Å²) in [7, 11) is 1.29. The van der Waals surface area contributed by atoms with Crippen LogP contribution in [0.1, 0.15) is 28.5 Å². The van der Waals surface area contributed by atoms with Crippen molar-refractivity contribution in [2.24, 2.45) is 0 Å². The van der Waals surface area contributed by atoms with E-state index in [9.17, 15) is 9.59 Å². The van der Waals surface area contributed by atoms with E-state index in [-0.39, 0.29) is 12.1 Å². The zero-order chi connectivity index (χ0) is 15.9. The van der Waals surface area contributed by atoms with Gasteiger partial charge in [0, 0.05) is 17.4 Å². The van der Waals surface area contributed by atoms with Crippen LogP contribution in [0.15, 0.2) is 42.9 Å². The Morgan fingerprint density at radius 3 is 2.82 bits per heavy atom. The smallest absolute Gasteiger partial charge is 0.307 e. The average molecular weight is 320 g/mol. The van der Waals surface area contributed by atoms with Gasteiger partial charge < -0.3 is 10.1 Å². The average Bonchev–Trinajstić information content (AvgIpc) is 2.54. The number of ether oxygens (including phenoxy) is 1. The number of rotatable bonds is 5. The molecule has 1 heterocycles. The summed E-state index contributed by atoms with van der Waals surface area (Å²) in [6.07, 6.45) is 4.23. The predicted molar refractivity (Wildman–Crippen MR) is 80.3 cm³/mol. The molecule has 1 amide bonds. The fourth-order valence-corrected chi connectivity index (χ4v) is 2.07. The van der Waals surface area contributed by atoms with Gasteiger partial charge in [0.15, 0.2) is 0 Å². The Kier molecular flexibility index (Phi) is 5.43. The van der Waals surface area contributed by atoms with Crippen LogP contribution in [0.2, 0.25) is 5.02 Å². The fourth-order valence-electron chi connectivity index (χ4n) is 1.87. The van der Waals surface area contributed by atoms with E-state index >= 15 is 0 Å². The van der Waals surface area contributed by atoms with E-state index in [4.69, 9.17) is 11.6 Å². The number of nitrogens with zero attached hydrogens (tertiary/aromatic N) is 2. The van der Waals surface area contributed by atoms with Gasteiger partial charge in [-0.1, -0.05) is 23.7 Å². The van der Waals surface area contributed by atoms with Gasteiger partial charge in [-0.2, -0.15) is 0 Å². The van der Waals surface area contributed by atoms with Gasteiger partial charge in [0.25, 0.3) is 5.91 Å². The van der Waals surface area contributed by atoms with Crippen molar-refractivity contribution in [3.05, 3.63) is 59.1 Å². The molecular weight excluding hydrogens is 306 g/mol. The van der Waals surface area contributed by atoms with Gasteiger partial charge in [0.05, 0.1) is 25.8 Å². The topological polar surface area (TPSA) is 81.2 Å². The third-order valence-corrected chi connectivity index (χ3v) is 3.19. The van der Waals surface area contributed by atoms with Gasteiger partial charge in [-0.05, 0) is 17.7 Å². The number of carbonyl (C=O) groups is 2. The molecule has 0 aliphatic rings. The molecule has 7 heteroatoms. The first kappa shape index (κ1) is 15.9. The van der Waals surface area contributed by atoms with Crippen LogP contribution < -0.4 is 5.32 Å². The van der Waals surface area contributed by atoms with Crippen molar-refractivity contribution >= 4 is 23.5 Å². The molecule has 114 valence electrons. The standard InChI is InChI=1S/C15H14ClN3O3/c1-22-14(20)8-12(10-3-2-4-11(16)7-10)19-15(21)13-9-17-5-6-18-13/h2-7,9,12H,8H2,1H3,(H,19,21). The summed E-state index contributed by atoms with van der Waals surface area (Å²) in [5.74, 6) is -0.869. The number of methoxy groups -OCH3 is 1. The Balaban J connectivity index is 2.21. The Labute approximate surface area is 132 Å². The van der Waals surface area contributed by atoms with Crippen LogP contribution in [0.5, 0.6) is 0 Å². The third-order valence-electron chi connectivity index (χ3n) is 2.95. The Bertz CT molecular complexity index is 664. The van der Waals surface area contributed by atoms with E-state index in [0.717, 1.165) is 0 Å². The lowest BCUT2D eigenvalue weighted by molar-refractivity contribution is -0.141. The first-order valence-corrected chi connectivity index (χ1v) is 6.87. The second-order valence-electron chi connectivity index (χ2n) is 4.45. The first-order valence-electron chi connectivity index (χ1n) is 6.49. The highest BCUT2D eigenvalue weighted by molar-refractivity contribution is 6.30. The number of carbonyl (C=O) groups excluding carboxylic acids is 2. The van der Waals surface area contributed by atoms with Crippen molar-refractivity contribution in [2.45, 2.75) is 12.5 Å². The molecule has 1 N–H and O–H groups in total. The summed E-state index contributed by atoms with van der Waals surface area (Å²) in [5.41, 5.74) is 0.870. The van der Waals surface area contributed by atoms with Crippen molar-refractivity contribution in [1.82, 2.24) is 15.3 Å². The molecule has 0 spiro atoms. The van der Waals surface area contributed by atoms with Gasteiger partial charge >= 0.3 is 5.97 Å². The number of benzene rings is 1. The van der Waals surface area contributed by atoms with Gasteiger partial charge in [-0.15, -0.1) is 0 Å². The van der Waals surface area contributed by atoms with Gasteiger partial charge in [0.2, 0.25) is 0 Å². The number of nitrogens with one attached hydrogen (secondary N) is 1. The molecule has 1 aromatic heterocycles. The van der Waals surface area contributed by atoms with Crippen LogP contribution >= 0.6 is 11.6 Å². The van der Waals surface area contributed by atoms with Crippen LogP contribution in [-0.4, -0.2) is 29.0 Å². The van der Waals surface area contributed by atoms with Crippen LogP contribution in [0.4, 0.5) is 0 Å². The lowest BCUT2D eigenvalue weighted by Gasteiger charge is -2.18. The SMILES string of the molecule is COC(=O)CC(NC(=O)c1cnccn1)c1cccc(Cl)c1. The van der Waals surface area contributed by atoms with Crippen LogP contribution in [0.3, 0.4) is 0 Å². The van der Waals surface area contributed by atoms with Gasteiger partial charge in [-0.3, -0.25) is 14.6 Å². The van der Waals surface area contributed by atoms with Crippen molar-refractivity contribution in [3.8, 4) is 0 Å². The van der Waals surface area contributed by atoms with E-state index in [1.165, 1.54) is 25.7 Å². The summed E-state index contributed by atoms with van der Waals surface area (Å²) in [6, 6.07) is 6.35. The maximum Gasteiger partial charge on any atom is 0.307 e. The number of aromatic nitrogens is 2. The molecule has 0 aliphatic carbocycles. The van der Waals surface area contributed by atoms with Crippen LogP contribution in [-0.2, 0) is 9.53 Å². The lowest BCUT2D eigenvalue weighted by Crippen LogP contribution is -2.31. The highest BCUT2D eigenvalue weighted by atomic mass is 35.5. The molecule has 1 unspecified atom stereocenters. The maximum atomic E-state index is 12.2. The highest BCUT2D eigenvalue weighted by Crippen LogP contribution is 2.21. The molecule has 0 saturated carbocycles. The summed E-state index contributed by atoms with van der Waals surface area (Å²) < 4.78 is 4.67. The number of hydrogen-bond acceptors (Lipinski definition) is 5. The molecule has 2 aromatic rings. The van der Waals surface area contributed by atoms with Crippen molar-refractivity contribution in [2.75, 3.05) is 7.11 Å². The quantitative estimate of drug-likeness (QED) is 0.854. The zero-order valence-corrected chi connectivity index (χ0v) is 12.6. The number of amides is 1. The predicted octanol–water partition coefficient (Wildman–Crippen LogP) is 2.16. The third kappa shape index (κ3) is 4.26. The molecule has 6 nitrogen and oxygen atoms in total. The summed E-state index contributed by atoms with van der Waals surface area (Å²) in [4.78, 5) is 31.5. The molecule has 0 aliphatic heterocycles. The van der Waals surface area contributed by atoms with Gasteiger partial charge in [-0.25, -0.2) is 4.98 Å². The lowest BCUT2D eigenvalue weighted by atomic mass is 10.0. The molecule has 2 rings (SSSR count). The minimum atomic E-state index is -0.569. The molecule has 1 atom stereocenters. The fraction of sp³-hybridized carbons (Fsp3) is 0.200. The molecule has 1 aromatic carbocycles. The molecule has 0 radical (unpaired) electrons. The molecule has 0 saturated heterocycles. The molecular formula is C15H14ClN3O3. The normalized spacial score (nSPS) is 11.5. The summed E-state index contributed by atoms with van der Waals surface area (Å²) >= 11 is 5.96. The minimum absolute atomic E-state index is 0.0111. The number of esters is 1. The highest BCUT2D eigenvalue weighted by Gasteiger charge is 2.20. The summed E-state index contributed by atoms with van der Waals surface area (Å²) in [5, 5.41) is 3.26. The molecule has 22 heavy (non-hydrogen) atoms. The van der Waals surface area contributed by atoms with Crippen molar-refractivity contribution in [3.63, 3.8) is 0 Å². The number of halogens is 1. The summed E-state index contributed by atoms with van der Waals surface area (Å²) in [6.45, 7) is 0. The van der Waals surface area contributed by atoms with Crippen molar-refractivity contribution in [1.29, 1.82) is 0 Å². The maximum absolute atomic E-state index is 12.2. The Morgan fingerprint density at radius 2 is 2.18 bits per heavy atom. The Morgan fingerprint density at radius 1 is 1.36 bits per heavy atom. The monoisotopic (exact) mass is 319 g/mol. The van der Waals surface area contributed by atoms with E-state index in [1.54, 1.807) is 24.3 Å². The van der Waals surface area contributed by atoms with Gasteiger partial charge in [0.1, 0.15) is 5.69 Å². The Hall–Kier alpha value is -2.47. The van der Waals surface area contributed by atoms with Crippen LogP contribution in [0, 0.1) is 0 Å². The second kappa shape index (κ2) is 7.51. The largest absolute Gasteiger partial charge is 0.469 e. The van der Waals surface area contributed by atoms with E-state index in [0.29, 0.717) is 10.6 Å². The molecule has 0 fully saturated rings. The van der Waals surface area contributed by atoms with E-state index < -0.39 is 17.9 Å². The zero-order valence-electron chi connectivity index (χ0n) is 11.8.